The van der Waals surface area contributed by atoms with Gasteiger partial charge in [0.05, 0.1) is 12.4 Å². The molecule has 1 aromatic carbocycles. The molecule has 2 aliphatic heterocycles. The summed E-state index contributed by atoms with van der Waals surface area (Å²) >= 11 is 0. The highest BCUT2D eigenvalue weighted by molar-refractivity contribution is 5.80. The third kappa shape index (κ3) is 5.22. The predicted octanol–water partition coefficient (Wildman–Crippen LogP) is 3.53. The van der Waals surface area contributed by atoms with Crippen molar-refractivity contribution >= 4 is 5.96 Å². The Morgan fingerprint density at radius 3 is 2.57 bits per heavy atom. The zero-order valence-corrected chi connectivity index (χ0v) is 18.5. The van der Waals surface area contributed by atoms with Crippen molar-refractivity contribution in [3.63, 3.8) is 0 Å². The fourth-order valence-electron chi connectivity index (χ4n) is 4.75. The fraction of sp³-hybridized carbons (Fsp3) is 0.583. The highest BCUT2D eigenvalue weighted by Gasteiger charge is 2.28. The first-order valence-corrected chi connectivity index (χ1v) is 11.5. The number of nitrogens with one attached hydrogen (secondary N) is 1. The third-order valence-corrected chi connectivity index (χ3v) is 6.67. The number of hydrogen-bond acceptors (Lipinski definition) is 3. The van der Waals surface area contributed by atoms with E-state index in [1.807, 2.05) is 19.6 Å². The number of rotatable bonds is 5. The Balaban J connectivity index is 1.31. The highest BCUT2D eigenvalue weighted by atomic mass is 15.3. The van der Waals surface area contributed by atoms with Gasteiger partial charge in [-0.15, -0.1) is 0 Å². The van der Waals surface area contributed by atoms with Crippen LogP contribution in [-0.2, 0) is 13.1 Å². The lowest BCUT2D eigenvalue weighted by Gasteiger charge is -2.39. The zero-order chi connectivity index (χ0) is 20.8. The Bertz CT molecular complexity index is 792. The van der Waals surface area contributed by atoms with Crippen LogP contribution < -0.4 is 5.32 Å². The van der Waals surface area contributed by atoms with Gasteiger partial charge in [0.15, 0.2) is 5.96 Å². The van der Waals surface area contributed by atoms with Crippen LogP contribution in [0.2, 0.25) is 0 Å². The van der Waals surface area contributed by atoms with Gasteiger partial charge in [0.2, 0.25) is 0 Å². The van der Waals surface area contributed by atoms with Crippen LogP contribution in [0, 0.1) is 5.92 Å². The molecule has 0 saturated carbocycles. The Hall–Kier alpha value is -2.34. The summed E-state index contributed by atoms with van der Waals surface area (Å²) in [4.78, 5) is 13.8. The minimum Gasteiger partial charge on any atom is -0.352 e. The first-order chi connectivity index (χ1) is 14.7. The largest absolute Gasteiger partial charge is 0.352 e. The molecule has 2 saturated heterocycles. The molecule has 0 spiro atoms. The number of piperidine rings is 2. The van der Waals surface area contributed by atoms with Gasteiger partial charge in [-0.2, -0.15) is 0 Å². The summed E-state index contributed by atoms with van der Waals surface area (Å²) in [7, 11) is 1.88. The summed E-state index contributed by atoms with van der Waals surface area (Å²) in [6.45, 7) is 8.72. The quantitative estimate of drug-likeness (QED) is 0.607. The van der Waals surface area contributed by atoms with Crippen molar-refractivity contribution in [1.82, 2.24) is 24.7 Å². The van der Waals surface area contributed by atoms with Crippen molar-refractivity contribution in [2.45, 2.75) is 51.7 Å². The molecule has 3 heterocycles. The smallest absolute Gasteiger partial charge is 0.193 e. The van der Waals surface area contributed by atoms with Crippen LogP contribution in [0.5, 0.6) is 0 Å². The van der Waals surface area contributed by atoms with E-state index in [1.54, 1.807) is 0 Å². The van der Waals surface area contributed by atoms with Crippen molar-refractivity contribution in [2.75, 3.05) is 33.2 Å². The molecule has 2 fully saturated rings. The van der Waals surface area contributed by atoms with Crippen LogP contribution in [0.1, 0.15) is 49.8 Å². The standard InChI is InChI=1S/C24H36N6/c1-20-10-14-29(18-23(20)30-15-11-26-19-30)24(25-2)27-16-21-6-8-22(9-7-21)17-28-12-4-3-5-13-28/h6-9,11,15,19-20,23H,3-5,10,12-14,16-18H2,1-2H3,(H,25,27). The van der Waals surface area contributed by atoms with E-state index in [9.17, 15) is 0 Å². The lowest BCUT2D eigenvalue weighted by atomic mass is 9.93. The average Bonchev–Trinajstić information content (AvgIpc) is 3.32. The van der Waals surface area contributed by atoms with E-state index in [1.165, 1.54) is 43.5 Å². The molecule has 2 unspecified atom stereocenters. The molecule has 0 bridgehead atoms. The molecule has 6 nitrogen and oxygen atoms in total. The summed E-state index contributed by atoms with van der Waals surface area (Å²) in [5, 5.41) is 3.58. The van der Waals surface area contributed by atoms with Crippen LogP contribution in [0.15, 0.2) is 48.0 Å². The summed E-state index contributed by atoms with van der Waals surface area (Å²) < 4.78 is 2.24. The number of guanidine groups is 1. The molecule has 2 atom stereocenters. The average molecular weight is 409 g/mol. The molecule has 162 valence electrons. The van der Waals surface area contributed by atoms with Gasteiger partial charge in [-0.1, -0.05) is 37.6 Å². The summed E-state index contributed by atoms with van der Waals surface area (Å²) in [5.41, 5.74) is 2.72. The first kappa shape index (κ1) is 20.9. The number of aromatic nitrogens is 2. The lowest BCUT2D eigenvalue weighted by molar-refractivity contribution is 0.189. The van der Waals surface area contributed by atoms with Gasteiger partial charge in [0.1, 0.15) is 0 Å². The maximum absolute atomic E-state index is 4.56. The second kappa shape index (κ2) is 10.1. The molecule has 0 aliphatic carbocycles. The Labute approximate surface area is 181 Å². The van der Waals surface area contributed by atoms with E-state index in [2.05, 4.69) is 67.0 Å². The fourth-order valence-corrected chi connectivity index (χ4v) is 4.75. The van der Waals surface area contributed by atoms with Gasteiger partial charge in [-0.25, -0.2) is 4.98 Å². The van der Waals surface area contributed by atoms with Gasteiger partial charge in [0, 0.05) is 45.6 Å². The van der Waals surface area contributed by atoms with Crippen molar-refractivity contribution in [2.24, 2.45) is 10.9 Å². The maximum Gasteiger partial charge on any atom is 0.193 e. The van der Waals surface area contributed by atoms with E-state index in [0.717, 1.165) is 38.6 Å². The maximum atomic E-state index is 4.56. The van der Waals surface area contributed by atoms with Crippen LogP contribution >= 0.6 is 0 Å². The van der Waals surface area contributed by atoms with E-state index in [4.69, 9.17) is 0 Å². The Kier molecular flexibility index (Phi) is 7.05. The molecule has 1 aromatic heterocycles. The van der Waals surface area contributed by atoms with Crippen LogP contribution in [0.25, 0.3) is 0 Å². The van der Waals surface area contributed by atoms with Crippen molar-refractivity contribution in [1.29, 1.82) is 0 Å². The summed E-state index contributed by atoms with van der Waals surface area (Å²) in [6.07, 6.45) is 11.1. The molecular weight excluding hydrogens is 372 g/mol. The topological polar surface area (TPSA) is 48.7 Å². The second-order valence-electron chi connectivity index (χ2n) is 8.84. The molecule has 4 rings (SSSR count). The van der Waals surface area contributed by atoms with Crippen LogP contribution in [0.3, 0.4) is 0 Å². The van der Waals surface area contributed by atoms with Crippen LogP contribution in [-0.4, -0.2) is 58.5 Å². The first-order valence-electron chi connectivity index (χ1n) is 11.5. The Morgan fingerprint density at radius 1 is 1.10 bits per heavy atom. The number of likely N-dealkylation sites (tertiary alicyclic amines) is 2. The van der Waals surface area contributed by atoms with E-state index in [-0.39, 0.29) is 0 Å². The van der Waals surface area contributed by atoms with Gasteiger partial charge >= 0.3 is 0 Å². The SMILES string of the molecule is CN=C(NCc1ccc(CN2CCCCC2)cc1)N1CCC(C)C(n2ccnc2)C1. The van der Waals surface area contributed by atoms with Crippen molar-refractivity contribution in [3.8, 4) is 0 Å². The molecule has 2 aliphatic rings. The van der Waals surface area contributed by atoms with Gasteiger partial charge in [-0.3, -0.25) is 9.89 Å². The normalized spacial score (nSPS) is 23.5. The lowest BCUT2D eigenvalue weighted by Crippen LogP contribution is -2.48. The third-order valence-electron chi connectivity index (χ3n) is 6.67. The highest BCUT2D eigenvalue weighted by Crippen LogP contribution is 2.27. The summed E-state index contributed by atoms with van der Waals surface area (Å²) in [5.74, 6) is 1.63. The number of aliphatic imine (C=N–C) groups is 1. The number of nitrogens with zero attached hydrogens (tertiary/aromatic N) is 5. The van der Waals surface area contributed by atoms with Crippen LogP contribution in [0.4, 0.5) is 0 Å². The minimum atomic E-state index is 0.439. The summed E-state index contributed by atoms with van der Waals surface area (Å²) in [6, 6.07) is 9.52. The van der Waals surface area contributed by atoms with E-state index in [0.29, 0.717) is 12.0 Å². The van der Waals surface area contributed by atoms with Crippen molar-refractivity contribution in [3.05, 3.63) is 54.1 Å². The van der Waals surface area contributed by atoms with Gasteiger partial charge < -0.3 is 14.8 Å². The minimum absolute atomic E-state index is 0.439. The van der Waals surface area contributed by atoms with Crippen molar-refractivity contribution < 1.29 is 0 Å². The number of hydrogen-bond donors (Lipinski definition) is 1. The molecule has 0 radical (unpaired) electrons. The number of benzene rings is 1. The van der Waals surface area contributed by atoms with Gasteiger partial charge in [-0.05, 0) is 49.4 Å². The molecule has 30 heavy (non-hydrogen) atoms. The van der Waals surface area contributed by atoms with E-state index < -0.39 is 0 Å². The second-order valence-corrected chi connectivity index (χ2v) is 8.84. The van der Waals surface area contributed by atoms with Gasteiger partial charge in [0.25, 0.3) is 0 Å². The zero-order valence-electron chi connectivity index (χ0n) is 18.5. The molecule has 2 aromatic rings. The van der Waals surface area contributed by atoms with E-state index >= 15 is 0 Å². The molecule has 0 amide bonds. The molecular formula is C24H36N6. The molecule has 1 N–H and O–H groups in total. The molecule has 6 heteroatoms. The predicted molar refractivity (Wildman–Crippen MR) is 122 cm³/mol. The monoisotopic (exact) mass is 408 g/mol. The number of imidazole rings is 1. The Morgan fingerprint density at radius 2 is 1.87 bits per heavy atom.